The Balaban J connectivity index is 1.40. The SMILES string of the molecule is COc1cccc(Oc2ncccc2CNC2CCCC2C2COCCN2)c1. The number of rotatable bonds is 7. The molecule has 1 aromatic heterocycles. The van der Waals surface area contributed by atoms with E-state index in [4.69, 9.17) is 14.2 Å². The number of hydrogen-bond donors (Lipinski definition) is 2. The molecule has 3 atom stereocenters. The predicted octanol–water partition coefficient (Wildman–Crippen LogP) is 3.13. The summed E-state index contributed by atoms with van der Waals surface area (Å²) in [5, 5.41) is 7.38. The Kier molecular flexibility index (Phi) is 6.41. The van der Waals surface area contributed by atoms with E-state index in [0.717, 1.165) is 43.4 Å². The third-order valence-electron chi connectivity index (χ3n) is 5.70. The molecule has 2 aromatic rings. The van der Waals surface area contributed by atoms with E-state index in [1.807, 2.05) is 30.3 Å². The summed E-state index contributed by atoms with van der Waals surface area (Å²) < 4.78 is 17.0. The Morgan fingerprint density at radius 1 is 1.21 bits per heavy atom. The van der Waals surface area contributed by atoms with Gasteiger partial charge in [0.25, 0.3) is 0 Å². The number of nitrogens with one attached hydrogen (secondary N) is 2. The number of nitrogens with zero attached hydrogens (tertiary/aromatic N) is 1. The Labute approximate surface area is 166 Å². The number of aromatic nitrogens is 1. The van der Waals surface area contributed by atoms with Crippen LogP contribution in [0.3, 0.4) is 0 Å². The molecule has 2 heterocycles. The maximum atomic E-state index is 6.05. The minimum Gasteiger partial charge on any atom is -0.497 e. The number of ether oxygens (including phenoxy) is 3. The van der Waals surface area contributed by atoms with E-state index < -0.39 is 0 Å². The van der Waals surface area contributed by atoms with Gasteiger partial charge in [-0.1, -0.05) is 18.6 Å². The van der Waals surface area contributed by atoms with Gasteiger partial charge in [0.15, 0.2) is 0 Å². The second-order valence-corrected chi connectivity index (χ2v) is 7.47. The third-order valence-corrected chi connectivity index (χ3v) is 5.70. The molecule has 1 saturated carbocycles. The molecule has 1 aliphatic heterocycles. The minimum atomic E-state index is 0.454. The molecule has 1 saturated heterocycles. The van der Waals surface area contributed by atoms with Crippen molar-refractivity contribution in [3.05, 3.63) is 48.2 Å². The largest absolute Gasteiger partial charge is 0.497 e. The van der Waals surface area contributed by atoms with Gasteiger partial charge in [-0.15, -0.1) is 0 Å². The van der Waals surface area contributed by atoms with Crippen LogP contribution < -0.4 is 20.1 Å². The molecule has 28 heavy (non-hydrogen) atoms. The van der Waals surface area contributed by atoms with Crippen molar-refractivity contribution in [3.63, 3.8) is 0 Å². The lowest BCUT2D eigenvalue weighted by Gasteiger charge is -2.33. The summed E-state index contributed by atoms with van der Waals surface area (Å²) in [6, 6.07) is 12.6. The highest BCUT2D eigenvalue weighted by Crippen LogP contribution is 2.31. The molecule has 1 aliphatic carbocycles. The first-order chi connectivity index (χ1) is 13.8. The van der Waals surface area contributed by atoms with Crippen molar-refractivity contribution in [1.29, 1.82) is 0 Å². The molecule has 0 amide bonds. The maximum absolute atomic E-state index is 6.05. The summed E-state index contributed by atoms with van der Waals surface area (Å²) in [5.74, 6) is 2.74. The van der Waals surface area contributed by atoms with Crippen molar-refractivity contribution < 1.29 is 14.2 Å². The molecule has 6 nitrogen and oxygen atoms in total. The molecule has 0 spiro atoms. The van der Waals surface area contributed by atoms with Crippen LogP contribution in [0.4, 0.5) is 0 Å². The van der Waals surface area contributed by atoms with E-state index in [9.17, 15) is 0 Å². The van der Waals surface area contributed by atoms with E-state index in [1.54, 1.807) is 13.3 Å². The van der Waals surface area contributed by atoms with E-state index in [1.165, 1.54) is 19.3 Å². The smallest absolute Gasteiger partial charge is 0.223 e. The highest BCUT2D eigenvalue weighted by Gasteiger charge is 2.34. The number of benzene rings is 1. The summed E-state index contributed by atoms with van der Waals surface area (Å²) in [5.41, 5.74) is 1.06. The van der Waals surface area contributed by atoms with E-state index >= 15 is 0 Å². The van der Waals surface area contributed by atoms with Crippen LogP contribution in [0.15, 0.2) is 42.6 Å². The first-order valence-electron chi connectivity index (χ1n) is 10.1. The fourth-order valence-corrected chi connectivity index (χ4v) is 4.25. The van der Waals surface area contributed by atoms with Crippen molar-refractivity contribution in [1.82, 2.24) is 15.6 Å². The molecule has 3 unspecified atom stereocenters. The average Bonchev–Trinajstić information content (AvgIpc) is 3.22. The Morgan fingerprint density at radius 2 is 2.14 bits per heavy atom. The summed E-state index contributed by atoms with van der Waals surface area (Å²) in [4.78, 5) is 4.45. The molecule has 6 heteroatoms. The molecular formula is C22H29N3O3. The lowest BCUT2D eigenvalue weighted by molar-refractivity contribution is 0.0524. The van der Waals surface area contributed by atoms with Crippen LogP contribution in [0.2, 0.25) is 0 Å². The van der Waals surface area contributed by atoms with Crippen molar-refractivity contribution in [2.75, 3.05) is 26.9 Å². The van der Waals surface area contributed by atoms with E-state index in [-0.39, 0.29) is 0 Å². The van der Waals surface area contributed by atoms with Gasteiger partial charge in [-0.05, 0) is 37.0 Å². The molecular weight excluding hydrogens is 354 g/mol. The zero-order chi connectivity index (χ0) is 19.2. The molecule has 2 aliphatic rings. The van der Waals surface area contributed by atoms with Crippen LogP contribution in [0.1, 0.15) is 24.8 Å². The highest BCUT2D eigenvalue weighted by atomic mass is 16.5. The van der Waals surface area contributed by atoms with Crippen LogP contribution in [-0.4, -0.2) is 43.9 Å². The zero-order valence-electron chi connectivity index (χ0n) is 16.4. The van der Waals surface area contributed by atoms with Gasteiger partial charge in [0.1, 0.15) is 11.5 Å². The maximum Gasteiger partial charge on any atom is 0.223 e. The van der Waals surface area contributed by atoms with Crippen LogP contribution in [-0.2, 0) is 11.3 Å². The fourth-order valence-electron chi connectivity index (χ4n) is 4.25. The van der Waals surface area contributed by atoms with Crippen LogP contribution in [0.25, 0.3) is 0 Å². The van der Waals surface area contributed by atoms with Gasteiger partial charge in [-0.25, -0.2) is 4.98 Å². The second kappa shape index (κ2) is 9.37. The molecule has 2 N–H and O–H groups in total. The van der Waals surface area contributed by atoms with Crippen molar-refractivity contribution in [3.8, 4) is 17.4 Å². The Bertz CT molecular complexity index is 764. The average molecular weight is 383 g/mol. The van der Waals surface area contributed by atoms with Gasteiger partial charge < -0.3 is 24.8 Å². The highest BCUT2D eigenvalue weighted by molar-refractivity contribution is 5.37. The lowest BCUT2D eigenvalue weighted by atomic mass is 9.94. The van der Waals surface area contributed by atoms with Gasteiger partial charge in [0, 0.05) is 43.0 Å². The normalized spacial score (nSPS) is 24.8. The second-order valence-electron chi connectivity index (χ2n) is 7.47. The standard InChI is InChI=1S/C22H29N3O3/c1-26-17-6-2-7-18(13-17)28-22-16(5-4-10-24-22)14-25-20-9-3-8-19(20)21-15-27-12-11-23-21/h2,4-7,10,13,19-21,23,25H,3,8-9,11-12,14-15H2,1H3. The molecule has 2 fully saturated rings. The first-order valence-corrected chi connectivity index (χ1v) is 10.1. The Morgan fingerprint density at radius 3 is 3.00 bits per heavy atom. The van der Waals surface area contributed by atoms with Crippen molar-refractivity contribution >= 4 is 0 Å². The van der Waals surface area contributed by atoms with Crippen molar-refractivity contribution in [2.45, 2.75) is 37.9 Å². The number of hydrogen-bond acceptors (Lipinski definition) is 6. The number of pyridine rings is 1. The quantitative estimate of drug-likeness (QED) is 0.766. The number of methoxy groups -OCH3 is 1. The molecule has 0 radical (unpaired) electrons. The molecule has 1 aromatic carbocycles. The van der Waals surface area contributed by atoms with Gasteiger partial charge in [-0.2, -0.15) is 0 Å². The molecule has 150 valence electrons. The van der Waals surface area contributed by atoms with Gasteiger partial charge >= 0.3 is 0 Å². The fraction of sp³-hybridized carbons (Fsp3) is 0.500. The zero-order valence-corrected chi connectivity index (χ0v) is 16.4. The first kappa shape index (κ1) is 19.2. The molecule has 4 rings (SSSR count). The Hall–Kier alpha value is -2.15. The minimum absolute atomic E-state index is 0.454. The topological polar surface area (TPSA) is 64.6 Å². The summed E-state index contributed by atoms with van der Waals surface area (Å²) in [7, 11) is 1.65. The monoisotopic (exact) mass is 383 g/mol. The molecule has 0 bridgehead atoms. The van der Waals surface area contributed by atoms with E-state index in [0.29, 0.717) is 23.9 Å². The van der Waals surface area contributed by atoms with Gasteiger partial charge in [-0.3, -0.25) is 0 Å². The summed E-state index contributed by atoms with van der Waals surface area (Å²) >= 11 is 0. The van der Waals surface area contributed by atoms with Gasteiger partial charge in [0.2, 0.25) is 5.88 Å². The van der Waals surface area contributed by atoms with Gasteiger partial charge in [0.05, 0.1) is 20.3 Å². The predicted molar refractivity (Wildman–Crippen MR) is 108 cm³/mol. The van der Waals surface area contributed by atoms with E-state index in [2.05, 4.69) is 21.7 Å². The van der Waals surface area contributed by atoms with Crippen LogP contribution in [0.5, 0.6) is 17.4 Å². The van der Waals surface area contributed by atoms with Crippen LogP contribution in [0, 0.1) is 5.92 Å². The summed E-state index contributed by atoms with van der Waals surface area (Å²) in [6.07, 6.45) is 5.48. The number of morpholine rings is 1. The summed E-state index contributed by atoms with van der Waals surface area (Å²) in [6.45, 7) is 3.33. The van der Waals surface area contributed by atoms with Crippen molar-refractivity contribution in [2.24, 2.45) is 5.92 Å². The van der Waals surface area contributed by atoms with Crippen LogP contribution >= 0.6 is 0 Å². The lowest BCUT2D eigenvalue weighted by Crippen LogP contribution is -2.50. The third kappa shape index (κ3) is 4.63.